The molecule has 150 valence electrons. The number of nitrogens with one attached hydrogen (secondary N) is 1. The Labute approximate surface area is 169 Å². The van der Waals surface area contributed by atoms with E-state index in [0.29, 0.717) is 35.5 Å². The van der Waals surface area contributed by atoms with Crippen LogP contribution in [0.25, 0.3) is 0 Å². The Hall–Kier alpha value is -1.96. The lowest BCUT2D eigenvalue weighted by Gasteiger charge is -2.31. The summed E-state index contributed by atoms with van der Waals surface area (Å²) < 4.78 is 40.6. The highest BCUT2D eigenvalue weighted by molar-refractivity contribution is 7.89. The van der Waals surface area contributed by atoms with E-state index in [2.05, 4.69) is 5.32 Å². The Balaban J connectivity index is 1.64. The number of hydrogen-bond acceptors (Lipinski definition) is 3. The standard InChI is InChI=1S/C20H22ClFN2O3S/c1-14-4-5-15(11-19(14)22)12-23-20(25)16-3-2-10-24(13-16)28(26,27)18-8-6-17(21)7-9-18/h4-9,11,16H,2-3,10,12-13H2,1H3,(H,23,25). The molecule has 1 saturated heterocycles. The summed E-state index contributed by atoms with van der Waals surface area (Å²) in [5.74, 6) is -0.979. The normalized spacial score (nSPS) is 18.0. The zero-order valence-electron chi connectivity index (χ0n) is 15.5. The lowest BCUT2D eigenvalue weighted by Crippen LogP contribution is -2.45. The van der Waals surface area contributed by atoms with Gasteiger partial charge in [-0.1, -0.05) is 23.7 Å². The third-order valence-electron chi connectivity index (χ3n) is 4.91. The molecule has 5 nitrogen and oxygen atoms in total. The number of nitrogens with zero attached hydrogens (tertiary/aromatic N) is 1. The molecule has 1 aliphatic rings. The predicted molar refractivity (Wildman–Crippen MR) is 106 cm³/mol. The molecule has 1 heterocycles. The Morgan fingerprint density at radius 3 is 2.64 bits per heavy atom. The van der Waals surface area contributed by atoms with Crippen molar-refractivity contribution < 1.29 is 17.6 Å². The molecule has 0 bridgehead atoms. The van der Waals surface area contributed by atoms with Crippen LogP contribution in [0.4, 0.5) is 4.39 Å². The number of sulfonamides is 1. The van der Waals surface area contributed by atoms with E-state index in [1.807, 2.05) is 0 Å². The molecular formula is C20H22ClFN2O3S. The number of carbonyl (C=O) groups is 1. The van der Waals surface area contributed by atoms with Crippen LogP contribution >= 0.6 is 11.6 Å². The first-order valence-electron chi connectivity index (χ1n) is 9.06. The van der Waals surface area contributed by atoms with E-state index < -0.39 is 15.9 Å². The predicted octanol–water partition coefficient (Wildman–Crippen LogP) is 3.50. The van der Waals surface area contributed by atoms with Crippen LogP contribution in [0.5, 0.6) is 0 Å². The summed E-state index contributed by atoms with van der Waals surface area (Å²) in [5, 5.41) is 3.25. The van der Waals surface area contributed by atoms with Gasteiger partial charge in [-0.15, -0.1) is 0 Å². The second-order valence-corrected chi connectivity index (χ2v) is 9.33. The highest BCUT2D eigenvalue weighted by atomic mass is 35.5. The van der Waals surface area contributed by atoms with Crippen LogP contribution in [-0.4, -0.2) is 31.7 Å². The van der Waals surface area contributed by atoms with Crippen LogP contribution in [0.2, 0.25) is 5.02 Å². The van der Waals surface area contributed by atoms with Gasteiger partial charge in [0, 0.05) is 24.7 Å². The van der Waals surface area contributed by atoms with Gasteiger partial charge in [-0.3, -0.25) is 4.79 Å². The average Bonchev–Trinajstić information content (AvgIpc) is 2.69. The molecular weight excluding hydrogens is 403 g/mol. The van der Waals surface area contributed by atoms with Crippen molar-refractivity contribution in [2.45, 2.75) is 31.2 Å². The molecule has 0 spiro atoms. The minimum atomic E-state index is -3.68. The molecule has 1 amide bonds. The quantitative estimate of drug-likeness (QED) is 0.798. The third kappa shape index (κ3) is 4.71. The SMILES string of the molecule is Cc1ccc(CNC(=O)C2CCCN(S(=O)(=O)c3ccc(Cl)cc3)C2)cc1F. The fourth-order valence-electron chi connectivity index (χ4n) is 3.21. The topological polar surface area (TPSA) is 66.5 Å². The summed E-state index contributed by atoms with van der Waals surface area (Å²) in [6.45, 7) is 2.38. The van der Waals surface area contributed by atoms with Crippen molar-refractivity contribution in [1.29, 1.82) is 0 Å². The van der Waals surface area contributed by atoms with Crippen molar-refractivity contribution in [3.63, 3.8) is 0 Å². The van der Waals surface area contributed by atoms with E-state index in [0.717, 1.165) is 0 Å². The fraction of sp³-hybridized carbons (Fsp3) is 0.350. The van der Waals surface area contributed by atoms with E-state index in [-0.39, 0.29) is 29.7 Å². The van der Waals surface area contributed by atoms with Crippen molar-refractivity contribution in [3.8, 4) is 0 Å². The molecule has 0 aromatic heterocycles. The van der Waals surface area contributed by atoms with E-state index >= 15 is 0 Å². The van der Waals surface area contributed by atoms with E-state index in [9.17, 15) is 17.6 Å². The Morgan fingerprint density at radius 2 is 1.96 bits per heavy atom. The van der Waals surface area contributed by atoms with Crippen LogP contribution < -0.4 is 5.32 Å². The van der Waals surface area contributed by atoms with Gasteiger partial charge in [0.15, 0.2) is 0 Å². The first kappa shape index (κ1) is 20.8. The van der Waals surface area contributed by atoms with E-state index in [1.54, 1.807) is 19.1 Å². The second kappa shape index (κ2) is 8.59. The molecule has 1 atom stereocenters. The number of hydrogen-bond donors (Lipinski definition) is 1. The van der Waals surface area contributed by atoms with Crippen molar-refractivity contribution in [3.05, 3.63) is 64.4 Å². The van der Waals surface area contributed by atoms with Gasteiger partial charge in [0.1, 0.15) is 5.82 Å². The minimum absolute atomic E-state index is 0.124. The monoisotopic (exact) mass is 424 g/mol. The number of amides is 1. The lowest BCUT2D eigenvalue weighted by molar-refractivity contribution is -0.126. The molecule has 0 radical (unpaired) electrons. The fourth-order valence-corrected chi connectivity index (χ4v) is 4.86. The molecule has 2 aromatic carbocycles. The second-order valence-electron chi connectivity index (χ2n) is 6.96. The summed E-state index contributed by atoms with van der Waals surface area (Å²) in [5.41, 5.74) is 1.21. The summed E-state index contributed by atoms with van der Waals surface area (Å²) in [7, 11) is -3.68. The zero-order valence-corrected chi connectivity index (χ0v) is 17.1. The van der Waals surface area contributed by atoms with Gasteiger partial charge in [0.2, 0.25) is 15.9 Å². The number of piperidine rings is 1. The molecule has 8 heteroatoms. The van der Waals surface area contributed by atoms with Crippen LogP contribution in [0.1, 0.15) is 24.0 Å². The molecule has 1 aliphatic heterocycles. The average molecular weight is 425 g/mol. The van der Waals surface area contributed by atoms with Crippen LogP contribution in [0.3, 0.4) is 0 Å². The largest absolute Gasteiger partial charge is 0.352 e. The summed E-state index contributed by atoms with van der Waals surface area (Å²) in [4.78, 5) is 12.7. The first-order valence-corrected chi connectivity index (χ1v) is 10.9. The van der Waals surface area contributed by atoms with Gasteiger partial charge in [0.05, 0.1) is 10.8 Å². The number of benzene rings is 2. The molecule has 3 rings (SSSR count). The first-order chi connectivity index (χ1) is 13.3. The number of halogens is 2. The van der Waals surface area contributed by atoms with Crippen molar-refractivity contribution in [1.82, 2.24) is 9.62 Å². The Morgan fingerprint density at radius 1 is 1.25 bits per heavy atom. The molecule has 0 aliphatic carbocycles. The highest BCUT2D eigenvalue weighted by Gasteiger charge is 2.33. The van der Waals surface area contributed by atoms with Crippen molar-refractivity contribution >= 4 is 27.5 Å². The van der Waals surface area contributed by atoms with Crippen LogP contribution in [-0.2, 0) is 21.4 Å². The maximum absolute atomic E-state index is 13.6. The van der Waals surface area contributed by atoms with Gasteiger partial charge in [-0.25, -0.2) is 12.8 Å². The molecule has 1 fully saturated rings. The molecule has 1 N–H and O–H groups in total. The Bertz CT molecular complexity index is 964. The lowest BCUT2D eigenvalue weighted by atomic mass is 9.98. The van der Waals surface area contributed by atoms with E-state index in [1.165, 1.54) is 34.6 Å². The molecule has 0 saturated carbocycles. The third-order valence-corrected chi connectivity index (χ3v) is 7.04. The highest BCUT2D eigenvalue weighted by Crippen LogP contribution is 2.25. The maximum atomic E-state index is 13.6. The van der Waals surface area contributed by atoms with Gasteiger partial charge >= 0.3 is 0 Å². The smallest absolute Gasteiger partial charge is 0.243 e. The number of aryl methyl sites for hydroxylation is 1. The van der Waals surface area contributed by atoms with Gasteiger partial charge in [-0.2, -0.15) is 4.31 Å². The van der Waals surface area contributed by atoms with Crippen molar-refractivity contribution in [2.75, 3.05) is 13.1 Å². The summed E-state index contributed by atoms with van der Waals surface area (Å²) in [6, 6.07) is 10.8. The van der Waals surface area contributed by atoms with Gasteiger partial charge < -0.3 is 5.32 Å². The van der Waals surface area contributed by atoms with Crippen LogP contribution in [0, 0.1) is 18.7 Å². The number of carbonyl (C=O) groups excluding carboxylic acids is 1. The minimum Gasteiger partial charge on any atom is -0.352 e. The van der Waals surface area contributed by atoms with E-state index in [4.69, 9.17) is 11.6 Å². The van der Waals surface area contributed by atoms with Gasteiger partial charge in [-0.05, 0) is 61.2 Å². The zero-order chi connectivity index (χ0) is 20.3. The summed E-state index contributed by atoms with van der Waals surface area (Å²) >= 11 is 5.83. The molecule has 1 unspecified atom stereocenters. The maximum Gasteiger partial charge on any atom is 0.243 e. The molecule has 2 aromatic rings. The Kier molecular flexibility index (Phi) is 6.37. The van der Waals surface area contributed by atoms with Gasteiger partial charge in [0.25, 0.3) is 0 Å². The number of rotatable bonds is 5. The van der Waals surface area contributed by atoms with Crippen LogP contribution in [0.15, 0.2) is 47.4 Å². The summed E-state index contributed by atoms with van der Waals surface area (Å²) in [6.07, 6.45) is 1.21. The van der Waals surface area contributed by atoms with Crippen molar-refractivity contribution in [2.24, 2.45) is 5.92 Å². The molecule has 28 heavy (non-hydrogen) atoms.